The minimum Gasteiger partial charge on any atom is -0.369 e. The lowest BCUT2D eigenvalue weighted by atomic mass is 9.86. The van der Waals surface area contributed by atoms with E-state index in [9.17, 15) is 4.79 Å². The third-order valence-corrected chi connectivity index (χ3v) is 3.97. The van der Waals surface area contributed by atoms with Crippen molar-refractivity contribution < 1.29 is 4.79 Å². The van der Waals surface area contributed by atoms with Crippen molar-refractivity contribution in [2.45, 2.75) is 38.6 Å². The van der Waals surface area contributed by atoms with E-state index in [1.807, 2.05) is 12.3 Å². The van der Waals surface area contributed by atoms with Crippen molar-refractivity contribution in [1.82, 2.24) is 4.98 Å². The number of thiazole rings is 1. The number of nitrogens with zero attached hydrogens (tertiary/aromatic N) is 1. The van der Waals surface area contributed by atoms with E-state index in [0.29, 0.717) is 6.04 Å². The van der Waals surface area contributed by atoms with Gasteiger partial charge in [0.2, 0.25) is 5.91 Å². The molecule has 0 bridgehead atoms. The molecular weight excluding hydrogens is 222 g/mol. The van der Waals surface area contributed by atoms with Gasteiger partial charge in [0.15, 0.2) is 5.13 Å². The zero-order valence-corrected chi connectivity index (χ0v) is 10.2. The highest BCUT2D eigenvalue weighted by Gasteiger charge is 2.24. The van der Waals surface area contributed by atoms with Gasteiger partial charge >= 0.3 is 0 Å². The number of rotatable bonds is 3. The van der Waals surface area contributed by atoms with Crippen LogP contribution in [0.15, 0.2) is 5.38 Å². The van der Waals surface area contributed by atoms with Crippen LogP contribution in [0.4, 0.5) is 5.13 Å². The highest BCUT2D eigenvalue weighted by molar-refractivity contribution is 7.13. The van der Waals surface area contributed by atoms with Crippen molar-refractivity contribution in [2.24, 2.45) is 11.7 Å². The first-order valence-corrected chi connectivity index (χ1v) is 6.51. The van der Waals surface area contributed by atoms with Crippen LogP contribution in [-0.2, 0) is 4.79 Å². The maximum absolute atomic E-state index is 11.0. The molecule has 1 aliphatic carbocycles. The second kappa shape index (κ2) is 4.82. The van der Waals surface area contributed by atoms with E-state index in [0.717, 1.165) is 36.5 Å². The molecule has 4 nitrogen and oxygen atoms in total. The third-order valence-electron chi connectivity index (χ3n) is 3.08. The van der Waals surface area contributed by atoms with Crippen molar-refractivity contribution in [3.63, 3.8) is 0 Å². The summed E-state index contributed by atoms with van der Waals surface area (Å²) >= 11 is 1.64. The van der Waals surface area contributed by atoms with Gasteiger partial charge in [-0.1, -0.05) is 0 Å². The van der Waals surface area contributed by atoms with Gasteiger partial charge in [-0.3, -0.25) is 4.79 Å². The van der Waals surface area contributed by atoms with Gasteiger partial charge in [-0.25, -0.2) is 4.98 Å². The van der Waals surface area contributed by atoms with Crippen molar-refractivity contribution in [2.75, 3.05) is 5.32 Å². The Morgan fingerprint density at radius 1 is 1.50 bits per heavy atom. The van der Waals surface area contributed by atoms with E-state index in [-0.39, 0.29) is 11.8 Å². The molecule has 1 aromatic heterocycles. The molecule has 1 amide bonds. The summed E-state index contributed by atoms with van der Waals surface area (Å²) in [5.74, 6) is -0.0698. The average Bonchev–Trinajstić information content (AvgIpc) is 2.65. The van der Waals surface area contributed by atoms with Gasteiger partial charge in [-0.05, 0) is 32.6 Å². The van der Waals surface area contributed by atoms with Crippen molar-refractivity contribution >= 4 is 22.4 Å². The fraction of sp³-hybridized carbons (Fsp3) is 0.636. The highest BCUT2D eigenvalue weighted by Crippen LogP contribution is 2.27. The number of carbonyl (C=O) groups excluding carboxylic acids is 1. The zero-order valence-electron chi connectivity index (χ0n) is 9.40. The largest absolute Gasteiger partial charge is 0.369 e. The van der Waals surface area contributed by atoms with Gasteiger partial charge in [-0.2, -0.15) is 0 Å². The highest BCUT2D eigenvalue weighted by atomic mass is 32.1. The van der Waals surface area contributed by atoms with Gasteiger partial charge in [-0.15, -0.1) is 11.3 Å². The molecule has 0 aliphatic heterocycles. The summed E-state index contributed by atoms with van der Waals surface area (Å²) in [6.45, 7) is 1.99. The second-order valence-corrected chi connectivity index (χ2v) is 5.25. The molecule has 1 fully saturated rings. The van der Waals surface area contributed by atoms with Crippen LogP contribution in [0.2, 0.25) is 0 Å². The molecule has 0 aromatic carbocycles. The molecule has 0 atom stereocenters. The summed E-state index contributed by atoms with van der Waals surface area (Å²) in [5, 5.41) is 6.44. The summed E-state index contributed by atoms with van der Waals surface area (Å²) in [4.78, 5) is 15.4. The summed E-state index contributed by atoms with van der Waals surface area (Å²) in [7, 11) is 0. The Bertz CT molecular complexity index is 369. The summed E-state index contributed by atoms with van der Waals surface area (Å²) in [5.41, 5.74) is 6.35. The Morgan fingerprint density at radius 3 is 2.69 bits per heavy atom. The Labute approximate surface area is 99.3 Å². The Morgan fingerprint density at radius 2 is 2.19 bits per heavy atom. The van der Waals surface area contributed by atoms with Crippen molar-refractivity contribution in [1.29, 1.82) is 0 Å². The number of anilines is 1. The van der Waals surface area contributed by atoms with E-state index < -0.39 is 0 Å². The number of hydrogen-bond acceptors (Lipinski definition) is 4. The summed E-state index contributed by atoms with van der Waals surface area (Å²) < 4.78 is 0. The Balaban J connectivity index is 1.83. The lowest BCUT2D eigenvalue weighted by molar-refractivity contribution is -0.122. The molecule has 1 heterocycles. The van der Waals surface area contributed by atoms with Crippen molar-refractivity contribution in [3.8, 4) is 0 Å². The standard InChI is InChI=1S/C11H17N3OS/c1-7-6-16-11(13-7)14-9-4-2-8(3-5-9)10(12)15/h6,8-9H,2-5H2,1H3,(H2,12,15)(H,13,14). The predicted octanol–water partition coefficient (Wildman–Crippen LogP) is 1.91. The number of amides is 1. The molecule has 0 radical (unpaired) electrons. The minimum atomic E-state index is -0.149. The molecule has 1 saturated carbocycles. The number of hydrogen-bond donors (Lipinski definition) is 2. The molecule has 1 aliphatic rings. The van der Waals surface area contributed by atoms with E-state index in [1.165, 1.54) is 0 Å². The molecule has 0 saturated heterocycles. The Kier molecular flexibility index (Phi) is 3.43. The minimum absolute atomic E-state index is 0.0797. The quantitative estimate of drug-likeness (QED) is 0.846. The maximum atomic E-state index is 11.0. The molecule has 88 valence electrons. The van der Waals surface area contributed by atoms with Crippen LogP contribution in [0.3, 0.4) is 0 Å². The molecule has 2 rings (SSSR count). The van der Waals surface area contributed by atoms with Crippen LogP contribution in [0.25, 0.3) is 0 Å². The van der Waals surface area contributed by atoms with Crippen LogP contribution in [0, 0.1) is 12.8 Å². The van der Waals surface area contributed by atoms with Gasteiger partial charge in [0.25, 0.3) is 0 Å². The molecular formula is C11H17N3OS. The Hall–Kier alpha value is -1.10. The monoisotopic (exact) mass is 239 g/mol. The lowest BCUT2D eigenvalue weighted by Crippen LogP contribution is -2.32. The van der Waals surface area contributed by atoms with Gasteiger partial charge in [0, 0.05) is 17.3 Å². The number of aryl methyl sites for hydroxylation is 1. The number of nitrogens with one attached hydrogen (secondary N) is 1. The fourth-order valence-electron chi connectivity index (χ4n) is 2.12. The van der Waals surface area contributed by atoms with Crippen LogP contribution >= 0.6 is 11.3 Å². The normalized spacial score (nSPS) is 25.3. The number of carbonyl (C=O) groups is 1. The molecule has 3 N–H and O–H groups in total. The molecule has 16 heavy (non-hydrogen) atoms. The van der Waals surface area contributed by atoms with Crippen molar-refractivity contribution in [3.05, 3.63) is 11.1 Å². The average molecular weight is 239 g/mol. The van der Waals surface area contributed by atoms with Gasteiger partial charge in [0.1, 0.15) is 0 Å². The van der Waals surface area contributed by atoms with E-state index in [4.69, 9.17) is 5.73 Å². The maximum Gasteiger partial charge on any atom is 0.220 e. The summed E-state index contributed by atoms with van der Waals surface area (Å²) in [6.07, 6.45) is 3.81. The molecule has 1 aromatic rings. The zero-order chi connectivity index (χ0) is 11.5. The molecule has 5 heteroatoms. The topological polar surface area (TPSA) is 68.0 Å². The smallest absolute Gasteiger partial charge is 0.220 e. The van der Waals surface area contributed by atoms with E-state index in [2.05, 4.69) is 10.3 Å². The first kappa shape index (κ1) is 11.4. The van der Waals surface area contributed by atoms with Crippen LogP contribution < -0.4 is 11.1 Å². The fourth-order valence-corrected chi connectivity index (χ4v) is 2.88. The summed E-state index contributed by atoms with van der Waals surface area (Å²) in [6, 6.07) is 0.446. The number of nitrogens with two attached hydrogens (primary N) is 1. The van der Waals surface area contributed by atoms with E-state index in [1.54, 1.807) is 11.3 Å². The second-order valence-electron chi connectivity index (χ2n) is 4.39. The third kappa shape index (κ3) is 2.72. The van der Waals surface area contributed by atoms with Gasteiger partial charge in [0.05, 0.1) is 5.69 Å². The predicted molar refractivity (Wildman–Crippen MR) is 65.4 cm³/mol. The number of aromatic nitrogens is 1. The number of primary amides is 1. The first-order valence-electron chi connectivity index (χ1n) is 5.63. The van der Waals surface area contributed by atoms with Gasteiger partial charge < -0.3 is 11.1 Å². The molecule has 0 unspecified atom stereocenters. The van der Waals surface area contributed by atoms with Crippen LogP contribution in [0.5, 0.6) is 0 Å². The van der Waals surface area contributed by atoms with E-state index >= 15 is 0 Å². The SMILES string of the molecule is Cc1csc(NC2CCC(C(N)=O)CC2)n1. The van der Waals surface area contributed by atoms with Crippen LogP contribution in [0.1, 0.15) is 31.4 Å². The lowest BCUT2D eigenvalue weighted by Gasteiger charge is -2.27. The van der Waals surface area contributed by atoms with Crippen LogP contribution in [-0.4, -0.2) is 16.9 Å². The first-order chi connectivity index (χ1) is 7.65. The molecule has 0 spiro atoms.